The topological polar surface area (TPSA) is 63.5 Å². The van der Waals surface area contributed by atoms with Gasteiger partial charge in [-0.25, -0.2) is 9.18 Å². The van der Waals surface area contributed by atoms with Crippen LogP contribution in [0.3, 0.4) is 0 Å². The number of halogens is 1. The van der Waals surface area contributed by atoms with Gasteiger partial charge in [-0.15, -0.1) is 0 Å². The number of carboxylic acid groups (broad SMARTS) is 1. The highest BCUT2D eigenvalue weighted by atomic mass is 19.1. The molecule has 1 heterocycles. The molecule has 0 fully saturated rings. The number of hydrogen-bond donors (Lipinski definition) is 2. The second-order valence-electron chi connectivity index (χ2n) is 7.15. The zero-order valence-corrected chi connectivity index (χ0v) is 17.5. The molecule has 0 spiro atoms. The SMILES string of the molecule is CCOc1ccccc1CNCc1c(C(=O)O)c(C)n(Cc2ccccc2F)c1C. The van der Waals surface area contributed by atoms with Gasteiger partial charge in [0.05, 0.1) is 18.7 Å². The number of carboxylic acids is 1. The second kappa shape index (κ2) is 9.59. The van der Waals surface area contributed by atoms with Gasteiger partial charge in [0.1, 0.15) is 11.6 Å². The minimum absolute atomic E-state index is 0.273. The standard InChI is InChI=1S/C24H27FN2O3/c1-4-30-22-12-8-6-9-18(22)13-26-14-20-16(2)27(17(3)23(20)24(28)29)15-19-10-5-7-11-21(19)25/h5-12,26H,4,13-15H2,1-3H3,(H,28,29). The van der Waals surface area contributed by atoms with Crippen LogP contribution in [0.4, 0.5) is 4.39 Å². The molecular weight excluding hydrogens is 383 g/mol. The van der Waals surface area contributed by atoms with E-state index in [0.717, 1.165) is 17.0 Å². The molecule has 0 unspecified atom stereocenters. The Morgan fingerprint density at radius 1 is 1.03 bits per heavy atom. The number of rotatable bonds is 9. The third kappa shape index (κ3) is 4.54. The van der Waals surface area contributed by atoms with Crippen LogP contribution in [0.5, 0.6) is 5.75 Å². The van der Waals surface area contributed by atoms with Gasteiger partial charge in [-0.1, -0.05) is 36.4 Å². The minimum atomic E-state index is -0.977. The number of nitrogens with one attached hydrogen (secondary N) is 1. The van der Waals surface area contributed by atoms with Crippen molar-refractivity contribution in [3.05, 3.63) is 88.0 Å². The molecule has 1 aromatic heterocycles. The van der Waals surface area contributed by atoms with E-state index in [-0.39, 0.29) is 17.9 Å². The van der Waals surface area contributed by atoms with E-state index in [9.17, 15) is 14.3 Å². The first-order valence-corrected chi connectivity index (χ1v) is 10.0. The molecule has 0 aliphatic heterocycles. The van der Waals surface area contributed by atoms with Crippen LogP contribution in [-0.2, 0) is 19.6 Å². The van der Waals surface area contributed by atoms with Crippen molar-refractivity contribution < 1.29 is 19.0 Å². The van der Waals surface area contributed by atoms with Crippen LogP contribution in [0.25, 0.3) is 0 Å². The second-order valence-corrected chi connectivity index (χ2v) is 7.15. The third-order valence-corrected chi connectivity index (χ3v) is 5.30. The molecule has 158 valence electrons. The summed E-state index contributed by atoms with van der Waals surface area (Å²) in [7, 11) is 0. The molecule has 0 radical (unpaired) electrons. The van der Waals surface area contributed by atoms with Crippen LogP contribution in [0.1, 0.15) is 45.4 Å². The van der Waals surface area contributed by atoms with Gasteiger partial charge in [-0.05, 0) is 32.9 Å². The van der Waals surface area contributed by atoms with E-state index >= 15 is 0 Å². The van der Waals surface area contributed by atoms with Crippen LogP contribution in [0.2, 0.25) is 0 Å². The fraction of sp³-hybridized carbons (Fsp3) is 0.292. The Bertz CT molecular complexity index is 1040. The summed E-state index contributed by atoms with van der Waals surface area (Å²) >= 11 is 0. The monoisotopic (exact) mass is 410 g/mol. The molecule has 2 N–H and O–H groups in total. The highest BCUT2D eigenvalue weighted by molar-refractivity contribution is 5.91. The van der Waals surface area contributed by atoms with Crippen molar-refractivity contribution in [1.82, 2.24) is 9.88 Å². The molecular formula is C24H27FN2O3. The highest BCUT2D eigenvalue weighted by Crippen LogP contribution is 2.25. The van der Waals surface area contributed by atoms with E-state index in [1.165, 1.54) is 6.07 Å². The quantitative estimate of drug-likeness (QED) is 0.538. The van der Waals surface area contributed by atoms with Gasteiger partial charge in [0, 0.05) is 41.2 Å². The number of aromatic nitrogens is 1. The van der Waals surface area contributed by atoms with Crippen molar-refractivity contribution >= 4 is 5.97 Å². The lowest BCUT2D eigenvalue weighted by atomic mass is 10.1. The zero-order valence-electron chi connectivity index (χ0n) is 17.5. The molecule has 0 aliphatic rings. The van der Waals surface area contributed by atoms with Gasteiger partial charge in [0.2, 0.25) is 0 Å². The summed E-state index contributed by atoms with van der Waals surface area (Å²) in [5.41, 5.74) is 3.96. The third-order valence-electron chi connectivity index (χ3n) is 5.30. The van der Waals surface area contributed by atoms with E-state index < -0.39 is 5.97 Å². The lowest BCUT2D eigenvalue weighted by molar-refractivity contribution is 0.0694. The molecule has 30 heavy (non-hydrogen) atoms. The molecule has 3 aromatic rings. The Morgan fingerprint density at radius 3 is 2.37 bits per heavy atom. The Morgan fingerprint density at radius 2 is 1.70 bits per heavy atom. The van der Waals surface area contributed by atoms with Gasteiger partial charge >= 0.3 is 5.97 Å². The number of hydrogen-bond acceptors (Lipinski definition) is 3. The lowest BCUT2D eigenvalue weighted by Gasteiger charge is -2.12. The van der Waals surface area contributed by atoms with E-state index in [0.29, 0.717) is 36.5 Å². The summed E-state index contributed by atoms with van der Waals surface area (Å²) in [6, 6.07) is 14.3. The summed E-state index contributed by atoms with van der Waals surface area (Å²) in [6.45, 7) is 7.39. The molecule has 0 saturated carbocycles. The molecule has 0 aliphatic carbocycles. The van der Waals surface area contributed by atoms with Crippen molar-refractivity contribution in [2.45, 2.75) is 40.4 Å². The van der Waals surface area contributed by atoms with Gasteiger partial charge in [-0.2, -0.15) is 0 Å². The van der Waals surface area contributed by atoms with E-state index in [1.807, 2.05) is 42.7 Å². The molecule has 0 bridgehead atoms. The Kier molecular flexibility index (Phi) is 6.90. The predicted molar refractivity (Wildman–Crippen MR) is 115 cm³/mol. The van der Waals surface area contributed by atoms with Crippen LogP contribution < -0.4 is 10.1 Å². The average molecular weight is 410 g/mol. The number of nitrogens with zero attached hydrogens (tertiary/aromatic N) is 1. The number of aromatic carboxylic acids is 1. The van der Waals surface area contributed by atoms with Gasteiger partial charge < -0.3 is 19.7 Å². The molecule has 5 nitrogen and oxygen atoms in total. The summed E-state index contributed by atoms with van der Waals surface area (Å²) in [4.78, 5) is 12.0. The van der Waals surface area contributed by atoms with E-state index in [4.69, 9.17) is 4.74 Å². The largest absolute Gasteiger partial charge is 0.494 e. The van der Waals surface area contributed by atoms with Crippen LogP contribution in [-0.4, -0.2) is 22.2 Å². The molecule has 6 heteroatoms. The summed E-state index contributed by atoms with van der Waals surface area (Å²) in [6.07, 6.45) is 0. The first-order valence-electron chi connectivity index (χ1n) is 10.0. The maximum Gasteiger partial charge on any atom is 0.337 e. The Labute approximate surface area is 176 Å². The molecule has 0 atom stereocenters. The van der Waals surface area contributed by atoms with Gasteiger partial charge in [0.15, 0.2) is 0 Å². The number of carbonyl (C=O) groups is 1. The lowest BCUT2D eigenvalue weighted by Crippen LogP contribution is -2.16. The molecule has 2 aromatic carbocycles. The summed E-state index contributed by atoms with van der Waals surface area (Å²) in [5, 5.41) is 13.1. The fourth-order valence-electron chi connectivity index (χ4n) is 3.75. The van der Waals surface area contributed by atoms with Crippen molar-refractivity contribution in [3.8, 4) is 5.75 Å². The van der Waals surface area contributed by atoms with Gasteiger partial charge in [0.25, 0.3) is 0 Å². The Hall–Kier alpha value is -3.12. The van der Waals surface area contributed by atoms with E-state index in [1.54, 1.807) is 25.1 Å². The highest BCUT2D eigenvalue weighted by Gasteiger charge is 2.23. The number of benzene rings is 2. The minimum Gasteiger partial charge on any atom is -0.494 e. The molecule has 0 amide bonds. The smallest absolute Gasteiger partial charge is 0.337 e. The number of para-hydroxylation sites is 1. The predicted octanol–water partition coefficient (Wildman–Crippen LogP) is 4.68. The zero-order chi connectivity index (χ0) is 21.7. The summed E-state index contributed by atoms with van der Waals surface area (Å²) < 4.78 is 21.7. The van der Waals surface area contributed by atoms with Crippen LogP contribution >= 0.6 is 0 Å². The van der Waals surface area contributed by atoms with Crippen molar-refractivity contribution in [1.29, 1.82) is 0 Å². The number of ether oxygens (including phenoxy) is 1. The van der Waals surface area contributed by atoms with Crippen molar-refractivity contribution in [2.24, 2.45) is 0 Å². The Balaban J connectivity index is 1.84. The van der Waals surface area contributed by atoms with Gasteiger partial charge in [-0.3, -0.25) is 0 Å². The maximum absolute atomic E-state index is 14.1. The maximum atomic E-state index is 14.1. The molecule has 3 rings (SSSR count). The first-order chi connectivity index (χ1) is 14.4. The van der Waals surface area contributed by atoms with Crippen LogP contribution in [0, 0.1) is 19.7 Å². The van der Waals surface area contributed by atoms with E-state index in [2.05, 4.69) is 5.32 Å². The van der Waals surface area contributed by atoms with Crippen LogP contribution in [0.15, 0.2) is 48.5 Å². The van der Waals surface area contributed by atoms with Crippen molar-refractivity contribution in [3.63, 3.8) is 0 Å². The average Bonchev–Trinajstić information content (AvgIpc) is 2.95. The normalized spacial score (nSPS) is 10.9. The summed E-state index contributed by atoms with van der Waals surface area (Å²) in [5.74, 6) is -0.459. The fourth-order valence-corrected chi connectivity index (χ4v) is 3.75. The van der Waals surface area contributed by atoms with Crippen molar-refractivity contribution in [2.75, 3.05) is 6.61 Å². The first kappa shape index (κ1) is 21.6. The molecule has 0 saturated heterocycles.